The van der Waals surface area contributed by atoms with Crippen LogP contribution >= 0.6 is 0 Å². The molecule has 60 valence electrons. The molecule has 1 aromatic rings. The van der Waals surface area contributed by atoms with Gasteiger partial charge in [-0.3, -0.25) is 5.10 Å². The first kappa shape index (κ1) is 6.82. The number of aromatic nitrogens is 2. The molecule has 1 aliphatic heterocycles. The predicted octanol–water partition coefficient (Wildman–Crippen LogP) is 0.0706. The Morgan fingerprint density at radius 2 is 2.64 bits per heavy atom. The molecule has 0 saturated carbocycles. The third-order valence-electron chi connectivity index (χ3n) is 1.82. The fraction of sp³-hybridized carbons (Fsp3) is 0.571. The third-order valence-corrected chi connectivity index (χ3v) is 1.82. The molecule has 2 N–H and O–H groups in total. The van der Waals surface area contributed by atoms with Gasteiger partial charge in [-0.15, -0.1) is 0 Å². The average molecular weight is 153 g/mol. The average Bonchev–Trinajstić information content (AvgIpc) is 2.58. The number of aromatic amines is 1. The van der Waals surface area contributed by atoms with E-state index in [2.05, 4.69) is 15.5 Å². The highest BCUT2D eigenvalue weighted by Crippen LogP contribution is 2.15. The summed E-state index contributed by atoms with van der Waals surface area (Å²) in [6.45, 7) is 2.63. The van der Waals surface area contributed by atoms with Crippen molar-refractivity contribution in [1.29, 1.82) is 0 Å². The van der Waals surface area contributed by atoms with E-state index in [9.17, 15) is 0 Å². The zero-order valence-corrected chi connectivity index (χ0v) is 6.21. The number of H-pyrrole nitrogens is 1. The van der Waals surface area contributed by atoms with Crippen LogP contribution in [0.1, 0.15) is 11.7 Å². The Kier molecular flexibility index (Phi) is 1.87. The topological polar surface area (TPSA) is 49.9 Å². The van der Waals surface area contributed by atoms with Crippen LogP contribution in [0.5, 0.6) is 0 Å². The standard InChI is InChI=1S/C7H11N3O/c1-2-11-7(5-8-1)6-3-9-10-4-6/h3-4,7-8H,1-2,5H2,(H,9,10)/t7-/m0/s1. The molecule has 1 saturated heterocycles. The van der Waals surface area contributed by atoms with Gasteiger partial charge >= 0.3 is 0 Å². The summed E-state index contributed by atoms with van der Waals surface area (Å²) in [6, 6.07) is 0. The lowest BCUT2D eigenvalue weighted by atomic mass is 10.2. The van der Waals surface area contributed by atoms with E-state index >= 15 is 0 Å². The maximum Gasteiger partial charge on any atom is 0.0980 e. The van der Waals surface area contributed by atoms with Crippen LogP contribution < -0.4 is 5.32 Å². The van der Waals surface area contributed by atoms with Crippen LogP contribution in [0.4, 0.5) is 0 Å². The lowest BCUT2D eigenvalue weighted by molar-refractivity contribution is 0.0277. The molecule has 1 aliphatic rings. The van der Waals surface area contributed by atoms with Crippen LogP contribution in [0.3, 0.4) is 0 Å². The van der Waals surface area contributed by atoms with Crippen molar-refractivity contribution in [2.45, 2.75) is 6.10 Å². The molecule has 4 nitrogen and oxygen atoms in total. The second kappa shape index (κ2) is 3.02. The van der Waals surface area contributed by atoms with Crippen molar-refractivity contribution in [3.8, 4) is 0 Å². The maximum atomic E-state index is 5.50. The molecule has 0 radical (unpaired) electrons. The minimum absolute atomic E-state index is 0.183. The van der Waals surface area contributed by atoms with Gasteiger partial charge in [0.2, 0.25) is 0 Å². The van der Waals surface area contributed by atoms with E-state index in [1.165, 1.54) is 0 Å². The second-order valence-corrected chi connectivity index (χ2v) is 2.60. The quantitative estimate of drug-likeness (QED) is 0.600. The van der Waals surface area contributed by atoms with E-state index in [-0.39, 0.29) is 6.10 Å². The Morgan fingerprint density at radius 3 is 3.27 bits per heavy atom. The summed E-state index contributed by atoms with van der Waals surface area (Å²) in [6.07, 6.45) is 3.86. The molecule has 1 atom stereocenters. The summed E-state index contributed by atoms with van der Waals surface area (Å²) in [7, 11) is 0. The Hall–Kier alpha value is -0.870. The predicted molar refractivity (Wildman–Crippen MR) is 40.2 cm³/mol. The molecule has 1 fully saturated rings. The van der Waals surface area contributed by atoms with Crippen LogP contribution in [0.2, 0.25) is 0 Å². The first-order valence-corrected chi connectivity index (χ1v) is 3.78. The van der Waals surface area contributed by atoms with Crippen molar-refractivity contribution >= 4 is 0 Å². The maximum absolute atomic E-state index is 5.50. The Morgan fingerprint density at radius 1 is 1.64 bits per heavy atom. The summed E-state index contributed by atoms with van der Waals surface area (Å²) in [5, 5.41) is 9.89. The van der Waals surface area contributed by atoms with Crippen LogP contribution in [-0.4, -0.2) is 29.9 Å². The highest BCUT2D eigenvalue weighted by atomic mass is 16.5. The van der Waals surface area contributed by atoms with Gasteiger partial charge in [0, 0.05) is 24.8 Å². The van der Waals surface area contributed by atoms with Gasteiger partial charge in [0.1, 0.15) is 0 Å². The van der Waals surface area contributed by atoms with Crippen molar-refractivity contribution in [3.63, 3.8) is 0 Å². The first-order chi connectivity index (χ1) is 5.47. The number of morpholine rings is 1. The summed E-state index contributed by atoms with van der Waals surface area (Å²) >= 11 is 0. The molecule has 0 bridgehead atoms. The molecule has 0 amide bonds. The normalized spacial score (nSPS) is 25.3. The smallest absolute Gasteiger partial charge is 0.0980 e. The third kappa shape index (κ3) is 1.41. The van der Waals surface area contributed by atoms with E-state index in [0.717, 1.165) is 25.3 Å². The fourth-order valence-corrected chi connectivity index (χ4v) is 1.22. The molecular formula is C7H11N3O. The van der Waals surface area contributed by atoms with Crippen molar-refractivity contribution < 1.29 is 4.74 Å². The van der Waals surface area contributed by atoms with Gasteiger partial charge in [-0.1, -0.05) is 0 Å². The molecule has 4 heteroatoms. The lowest BCUT2D eigenvalue weighted by Gasteiger charge is -2.22. The van der Waals surface area contributed by atoms with Gasteiger partial charge in [0.15, 0.2) is 0 Å². The fourth-order valence-electron chi connectivity index (χ4n) is 1.22. The molecule has 0 spiro atoms. The van der Waals surface area contributed by atoms with Crippen LogP contribution in [-0.2, 0) is 4.74 Å². The zero-order chi connectivity index (χ0) is 7.52. The Labute approximate surface area is 64.9 Å². The van der Waals surface area contributed by atoms with Gasteiger partial charge in [0.05, 0.1) is 18.9 Å². The van der Waals surface area contributed by atoms with Crippen molar-refractivity contribution in [2.24, 2.45) is 0 Å². The summed E-state index contributed by atoms with van der Waals surface area (Å²) in [5.41, 5.74) is 1.12. The summed E-state index contributed by atoms with van der Waals surface area (Å²) < 4.78 is 5.50. The van der Waals surface area contributed by atoms with E-state index in [4.69, 9.17) is 4.74 Å². The summed E-state index contributed by atoms with van der Waals surface area (Å²) in [5.74, 6) is 0. The van der Waals surface area contributed by atoms with E-state index in [1.54, 1.807) is 6.20 Å². The van der Waals surface area contributed by atoms with E-state index in [0.29, 0.717) is 0 Å². The Balaban J connectivity index is 2.04. The van der Waals surface area contributed by atoms with Crippen LogP contribution in [0.25, 0.3) is 0 Å². The molecule has 0 aliphatic carbocycles. The van der Waals surface area contributed by atoms with Crippen molar-refractivity contribution in [2.75, 3.05) is 19.7 Å². The van der Waals surface area contributed by atoms with E-state index in [1.807, 2.05) is 6.20 Å². The molecule has 0 aromatic carbocycles. The van der Waals surface area contributed by atoms with Gasteiger partial charge in [-0.05, 0) is 0 Å². The Bertz CT molecular complexity index is 203. The molecule has 1 aromatic heterocycles. The molecular weight excluding hydrogens is 142 g/mol. The molecule has 11 heavy (non-hydrogen) atoms. The van der Waals surface area contributed by atoms with Crippen LogP contribution in [0, 0.1) is 0 Å². The van der Waals surface area contributed by atoms with Crippen molar-refractivity contribution in [1.82, 2.24) is 15.5 Å². The van der Waals surface area contributed by atoms with Crippen LogP contribution in [0.15, 0.2) is 12.4 Å². The van der Waals surface area contributed by atoms with Gasteiger partial charge < -0.3 is 10.1 Å². The summed E-state index contributed by atoms with van der Waals surface area (Å²) in [4.78, 5) is 0. The largest absolute Gasteiger partial charge is 0.371 e. The number of rotatable bonds is 1. The number of hydrogen-bond acceptors (Lipinski definition) is 3. The number of nitrogens with one attached hydrogen (secondary N) is 2. The van der Waals surface area contributed by atoms with Gasteiger partial charge in [0.25, 0.3) is 0 Å². The van der Waals surface area contributed by atoms with E-state index < -0.39 is 0 Å². The SMILES string of the molecule is c1n[nH]cc1[C@@H]1CNCCO1. The highest BCUT2D eigenvalue weighted by Gasteiger charge is 2.15. The zero-order valence-electron chi connectivity index (χ0n) is 6.21. The lowest BCUT2D eigenvalue weighted by Crippen LogP contribution is -2.33. The number of hydrogen-bond donors (Lipinski definition) is 2. The number of nitrogens with zero attached hydrogens (tertiary/aromatic N) is 1. The molecule has 0 unspecified atom stereocenters. The second-order valence-electron chi connectivity index (χ2n) is 2.60. The monoisotopic (exact) mass is 153 g/mol. The minimum Gasteiger partial charge on any atom is -0.371 e. The van der Waals surface area contributed by atoms with Gasteiger partial charge in [-0.25, -0.2) is 0 Å². The van der Waals surface area contributed by atoms with Crippen molar-refractivity contribution in [3.05, 3.63) is 18.0 Å². The molecule has 2 heterocycles. The van der Waals surface area contributed by atoms with Gasteiger partial charge in [-0.2, -0.15) is 5.10 Å². The highest BCUT2D eigenvalue weighted by molar-refractivity contribution is 5.08. The molecule has 2 rings (SSSR count). The minimum atomic E-state index is 0.183. The number of ether oxygens (including phenoxy) is 1. The first-order valence-electron chi connectivity index (χ1n) is 3.78.